The average molecular weight is 373 g/mol. The number of likely N-dealkylation sites (tertiary alicyclic amines) is 1. The highest BCUT2D eigenvalue weighted by molar-refractivity contribution is 5.94. The maximum atomic E-state index is 12.8. The zero-order chi connectivity index (χ0) is 19.5. The second kappa shape index (κ2) is 7.95. The molecule has 5 nitrogen and oxygen atoms in total. The maximum absolute atomic E-state index is 12.8. The predicted octanol–water partition coefficient (Wildman–Crippen LogP) is 3.53. The summed E-state index contributed by atoms with van der Waals surface area (Å²) in [5.41, 5.74) is 3.88. The first-order chi connectivity index (χ1) is 13.7. The Morgan fingerprint density at radius 3 is 2.64 bits per heavy atom. The van der Waals surface area contributed by atoms with Crippen LogP contribution in [0.1, 0.15) is 53.2 Å². The summed E-state index contributed by atoms with van der Waals surface area (Å²) < 4.78 is 0. The van der Waals surface area contributed by atoms with E-state index in [0.29, 0.717) is 5.69 Å². The summed E-state index contributed by atoms with van der Waals surface area (Å²) in [6.07, 6.45) is 8.58. The van der Waals surface area contributed by atoms with E-state index in [9.17, 15) is 15.2 Å². The number of nitrogens with zero attached hydrogens (tertiary/aromatic N) is 3. The first-order valence-corrected chi connectivity index (χ1v) is 9.78. The molecule has 1 aromatic carbocycles. The van der Waals surface area contributed by atoms with Crippen LogP contribution < -0.4 is 0 Å². The molecule has 1 saturated heterocycles. The van der Waals surface area contributed by atoms with Crippen LogP contribution in [0.25, 0.3) is 5.57 Å². The molecule has 0 unspecified atom stereocenters. The summed E-state index contributed by atoms with van der Waals surface area (Å²) in [4.78, 5) is 18.4. The topological polar surface area (TPSA) is 77.2 Å². The van der Waals surface area contributed by atoms with Crippen LogP contribution in [0.3, 0.4) is 0 Å². The SMILES string of the molecule is N#C[C@@H]1[C@H](c2ccc(C3=CCCCC3)cc2)[C@H](CO)N1C(=O)c1ccccn1. The van der Waals surface area contributed by atoms with Crippen molar-refractivity contribution in [1.29, 1.82) is 5.26 Å². The number of carbonyl (C=O) groups is 1. The van der Waals surface area contributed by atoms with Gasteiger partial charge in [0, 0.05) is 12.1 Å². The lowest BCUT2D eigenvalue weighted by atomic mass is 9.75. The summed E-state index contributed by atoms with van der Waals surface area (Å²) in [6.45, 7) is -0.186. The third kappa shape index (κ3) is 3.21. The maximum Gasteiger partial charge on any atom is 0.273 e. The van der Waals surface area contributed by atoms with Crippen molar-refractivity contribution in [3.05, 3.63) is 71.6 Å². The number of nitriles is 1. The van der Waals surface area contributed by atoms with Gasteiger partial charge in [0.25, 0.3) is 5.91 Å². The van der Waals surface area contributed by atoms with Crippen LogP contribution in [0.15, 0.2) is 54.7 Å². The minimum Gasteiger partial charge on any atom is -0.394 e. The number of hydrogen-bond donors (Lipinski definition) is 1. The van der Waals surface area contributed by atoms with Crippen LogP contribution in [-0.2, 0) is 0 Å². The van der Waals surface area contributed by atoms with Gasteiger partial charge >= 0.3 is 0 Å². The van der Waals surface area contributed by atoms with Gasteiger partial charge in [-0.3, -0.25) is 9.78 Å². The standard InChI is InChI=1S/C23H23N3O2/c24-14-20-22(18-11-9-17(10-12-18)16-6-2-1-3-7-16)21(15-27)26(20)23(28)19-8-4-5-13-25-19/h4-6,8-13,20-22,27H,1-3,7,15H2/t20-,21+,22+/m1/s1. The minimum atomic E-state index is -0.605. The number of benzene rings is 1. The number of aliphatic hydroxyl groups is 1. The number of carbonyl (C=O) groups excluding carboxylic acids is 1. The van der Waals surface area contributed by atoms with Gasteiger partial charge in [-0.15, -0.1) is 0 Å². The van der Waals surface area contributed by atoms with Crippen molar-refractivity contribution >= 4 is 11.5 Å². The largest absolute Gasteiger partial charge is 0.394 e. The Balaban J connectivity index is 1.57. The molecule has 1 aliphatic heterocycles. The fraction of sp³-hybridized carbons (Fsp3) is 0.348. The minimum absolute atomic E-state index is 0.186. The molecule has 0 saturated carbocycles. The summed E-state index contributed by atoms with van der Waals surface area (Å²) >= 11 is 0. The van der Waals surface area contributed by atoms with Crippen molar-refractivity contribution in [3.63, 3.8) is 0 Å². The molecule has 0 bridgehead atoms. The number of amides is 1. The molecular weight excluding hydrogens is 350 g/mol. The molecule has 0 radical (unpaired) electrons. The molecule has 4 rings (SSSR count). The Morgan fingerprint density at radius 1 is 1.21 bits per heavy atom. The summed E-state index contributed by atoms with van der Waals surface area (Å²) in [5.74, 6) is -0.511. The van der Waals surface area contributed by atoms with E-state index in [1.54, 1.807) is 24.4 Å². The van der Waals surface area contributed by atoms with Gasteiger partial charge in [0.15, 0.2) is 0 Å². The van der Waals surface area contributed by atoms with Crippen molar-refractivity contribution in [2.75, 3.05) is 6.61 Å². The Morgan fingerprint density at radius 2 is 2.04 bits per heavy atom. The molecule has 142 valence electrons. The number of aromatic nitrogens is 1. The zero-order valence-electron chi connectivity index (χ0n) is 15.7. The Bertz CT molecular complexity index is 915. The van der Waals surface area contributed by atoms with Crippen molar-refractivity contribution < 1.29 is 9.90 Å². The van der Waals surface area contributed by atoms with Gasteiger partial charge in [0.2, 0.25) is 0 Å². The Hall–Kier alpha value is -2.97. The van der Waals surface area contributed by atoms with E-state index < -0.39 is 12.1 Å². The monoisotopic (exact) mass is 373 g/mol. The highest BCUT2D eigenvalue weighted by atomic mass is 16.3. The number of pyridine rings is 1. The molecule has 1 N–H and O–H groups in total. The fourth-order valence-electron chi connectivity index (χ4n) is 4.33. The van der Waals surface area contributed by atoms with E-state index in [1.807, 2.05) is 12.1 Å². The molecule has 1 amide bonds. The van der Waals surface area contributed by atoms with Gasteiger partial charge in [-0.05, 0) is 54.5 Å². The van der Waals surface area contributed by atoms with Gasteiger partial charge in [0.05, 0.1) is 18.7 Å². The van der Waals surface area contributed by atoms with E-state index in [0.717, 1.165) is 18.4 Å². The molecule has 1 fully saturated rings. The van der Waals surface area contributed by atoms with Crippen LogP contribution in [0, 0.1) is 11.3 Å². The number of rotatable bonds is 4. The number of aliphatic hydroxyl groups excluding tert-OH is 1. The molecule has 2 aromatic rings. The molecule has 5 heteroatoms. The van der Waals surface area contributed by atoms with Crippen LogP contribution in [0.2, 0.25) is 0 Å². The molecule has 2 aliphatic rings. The van der Waals surface area contributed by atoms with Crippen molar-refractivity contribution in [1.82, 2.24) is 9.88 Å². The van der Waals surface area contributed by atoms with Crippen molar-refractivity contribution in [2.24, 2.45) is 0 Å². The zero-order valence-corrected chi connectivity index (χ0v) is 15.7. The average Bonchev–Trinajstić information content (AvgIpc) is 2.75. The first-order valence-electron chi connectivity index (χ1n) is 9.78. The van der Waals surface area contributed by atoms with Crippen LogP contribution in [0.4, 0.5) is 0 Å². The summed E-state index contributed by atoms with van der Waals surface area (Å²) in [6, 6.07) is 14.6. The Kier molecular flexibility index (Phi) is 5.23. The van der Waals surface area contributed by atoms with E-state index in [4.69, 9.17) is 0 Å². The number of allylic oxidation sites excluding steroid dienone is 2. The lowest BCUT2D eigenvalue weighted by molar-refractivity contribution is -0.00629. The second-order valence-electron chi connectivity index (χ2n) is 7.37. The van der Waals surface area contributed by atoms with Crippen molar-refractivity contribution in [2.45, 2.75) is 43.7 Å². The van der Waals surface area contributed by atoms with Gasteiger partial charge in [-0.2, -0.15) is 5.26 Å². The molecule has 1 aliphatic carbocycles. The van der Waals surface area contributed by atoms with Gasteiger partial charge in [0.1, 0.15) is 11.7 Å². The third-order valence-electron chi connectivity index (χ3n) is 5.81. The molecule has 1 aromatic heterocycles. The van der Waals surface area contributed by atoms with Gasteiger partial charge in [-0.25, -0.2) is 0 Å². The summed E-state index contributed by atoms with van der Waals surface area (Å²) in [7, 11) is 0. The lowest BCUT2D eigenvalue weighted by Crippen LogP contribution is -2.65. The van der Waals surface area contributed by atoms with Gasteiger partial charge in [-0.1, -0.05) is 36.4 Å². The van der Waals surface area contributed by atoms with Crippen LogP contribution >= 0.6 is 0 Å². The van der Waals surface area contributed by atoms with Gasteiger partial charge < -0.3 is 10.0 Å². The Labute approximate surface area is 164 Å². The molecule has 0 spiro atoms. The van der Waals surface area contributed by atoms with E-state index >= 15 is 0 Å². The predicted molar refractivity (Wildman–Crippen MR) is 106 cm³/mol. The smallest absolute Gasteiger partial charge is 0.273 e. The van der Waals surface area contributed by atoms with Crippen LogP contribution in [-0.4, -0.2) is 39.6 Å². The van der Waals surface area contributed by atoms with Crippen molar-refractivity contribution in [3.8, 4) is 6.07 Å². The normalized spacial score (nSPS) is 24.1. The van der Waals surface area contributed by atoms with E-state index in [1.165, 1.54) is 28.9 Å². The highest BCUT2D eigenvalue weighted by Crippen LogP contribution is 2.41. The van der Waals surface area contributed by atoms with E-state index in [-0.39, 0.29) is 18.4 Å². The van der Waals surface area contributed by atoms with Crippen LogP contribution in [0.5, 0.6) is 0 Å². The molecular formula is C23H23N3O2. The fourth-order valence-corrected chi connectivity index (χ4v) is 4.33. The lowest BCUT2D eigenvalue weighted by Gasteiger charge is -2.51. The number of hydrogen-bond acceptors (Lipinski definition) is 4. The molecule has 28 heavy (non-hydrogen) atoms. The molecule has 2 heterocycles. The molecule has 3 atom stereocenters. The third-order valence-corrected chi connectivity index (χ3v) is 5.81. The van der Waals surface area contributed by atoms with E-state index in [2.05, 4.69) is 29.3 Å². The quantitative estimate of drug-likeness (QED) is 0.889. The first kappa shape index (κ1) is 18.4. The second-order valence-corrected chi connectivity index (χ2v) is 7.37. The summed E-state index contributed by atoms with van der Waals surface area (Å²) in [5, 5.41) is 19.6. The highest BCUT2D eigenvalue weighted by Gasteiger charge is 2.52.